The van der Waals surface area contributed by atoms with Crippen molar-refractivity contribution in [1.82, 2.24) is 14.7 Å². The zero-order valence-electron chi connectivity index (χ0n) is 17.7. The summed E-state index contributed by atoms with van der Waals surface area (Å²) in [6, 6.07) is 13.0. The minimum Gasteiger partial charge on any atom is -0.299 e. The summed E-state index contributed by atoms with van der Waals surface area (Å²) in [4.78, 5) is 2.44. The smallest absolute Gasteiger partial charge is 0.299 e. The van der Waals surface area contributed by atoms with Gasteiger partial charge in [0.15, 0.2) is 0 Å². The van der Waals surface area contributed by atoms with Gasteiger partial charge in [-0.3, -0.25) is 9.58 Å². The molecule has 0 saturated carbocycles. The fraction of sp³-hybridized carbons (Fsp3) is 0.458. The highest BCUT2D eigenvalue weighted by molar-refractivity contribution is 5.79. The normalized spacial score (nSPS) is 17.0. The summed E-state index contributed by atoms with van der Waals surface area (Å²) >= 11 is 0. The van der Waals surface area contributed by atoms with E-state index in [1.54, 1.807) is 12.3 Å². The van der Waals surface area contributed by atoms with E-state index in [4.69, 9.17) is 0 Å². The molecule has 0 amide bonds. The van der Waals surface area contributed by atoms with Crippen molar-refractivity contribution in [3.63, 3.8) is 0 Å². The SMILES string of the molecule is CC(C)(C)c1ccc(CN2CCC(n3ncc4cc(C(F)(F)F)ccc43)CC2)cc1. The molecule has 4 rings (SSSR count). The number of fused-ring (bicyclic) bond motifs is 1. The second-order valence-electron chi connectivity index (χ2n) is 9.31. The number of benzene rings is 2. The highest BCUT2D eigenvalue weighted by Gasteiger charge is 2.31. The molecule has 1 saturated heterocycles. The van der Waals surface area contributed by atoms with Crippen molar-refractivity contribution < 1.29 is 13.2 Å². The van der Waals surface area contributed by atoms with E-state index < -0.39 is 11.7 Å². The lowest BCUT2D eigenvalue weighted by Gasteiger charge is -2.32. The van der Waals surface area contributed by atoms with E-state index >= 15 is 0 Å². The molecule has 0 bridgehead atoms. The predicted molar refractivity (Wildman–Crippen MR) is 113 cm³/mol. The fourth-order valence-electron chi connectivity index (χ4n) is 4.21. The molecule has 0 aliphatic carbocycles. The van der Waals surface area contributed by atoms with E-state index in [1.807, 2.05) is 4.68 Å². The van der Waals surface area contributed by atoms with Crippen molar-refractivity contribution in [2.45, 2.75) is 57.8 Å². The van der Waals surface area contributed by atoms with Crippen LogP contribution in [0.1, 0.15) is 56.3 Å². The number of nitrogens with zero attached hydrogens (tertiary/aromatic N) is 3. The lowest BCUT2D eigenvalue weighted by molar-refractivity contribution is -0.137. The van der Waals surface area contributed by atoms with Gasteiger partial charge in [0.2, 0.25) is 0 Å². The van der Waals surface area contributed by atoms with Gasteiger partial charge >= 0.3 is 6.18 Å². The molecule has 1 aliphatic heterocycles. The zero-order chi connectivity index (χ0) is 21.5. The van der Waals surface area contributed by atoms with Crippen LogP contribution in [0.25, 0.3) is 10.9 Å². The van der Waals surface area contributed by atoms with Gasteiger partial charge in [0.1, 0.15) is 0 Å². The molecule has 0 radical (unpaired) electrons. The first-order valence-corrected chi connectivity index (χ1v) is 10.5. The molecular weight excluding hydrogens is 387 g/mol. The largest absolute Gasteiger partial charge is 0.416 e. The number of piperidine rings is 1. The van der Waals surface area contributed by atoms with E-state index in [1.165, 1.54) is 17.2 Å². The molecule has 1 aromatic heterocycles. The number of halogens is 3. The molecule has 1 fully saturated rings. The average Bonchev–Trinajstić information content (AvgIpc) is 3.11. The Morgan fingerprint density at radius 3 is 2.17 bits per heavy atom. The molecule has 3 aromatic rings. The Hall–Kier alpha value is -2.34. The minimum absolute atomic E-state index is 0.157. The van der Waals surface area contributed by atoms with Gasteiger partial charge in [0, 0.05) is 25.0 Å². The third-order valence-electron chi connectivity index (χ3n) is 6.05. The summed E-state index contributed by atoms with van der Waals surface area (Å²) < 4.78 is 40.7. The molecule has 30 heavy (non-hydrogen) atoms. The van der Waals surface area contributed by atoms with Crippen molar-refractivity contribution >= 4 is 10.9 Å². The second kappa shape index (κ2) is 7.73. The first-order valence-electron chi connectivity index (χ1n) is 10.5. The lowest BCUT2D eigenvalue weighted by atomic mass is 9.86. The molecule has 1 aliphatic rings. The van der Waals surface area contributed by atoms with Crippen LogP contribution in [0.15, 0.2) is 48.7 Å². The van der Waals surface area contributed by atoms with Crippen LogP contribution in [-0.2, 0) is 18.1 Å². The van der Waals surface area contributed by atoms with Gasteiger partial charge in [-0.25, -0.2) is 0 Å². The Balaban J connectivity index is 1.40. The van der Waals surface area contributed by atoms with Crippen LogP contribution in [0, 0.1) is 0 Å². The first kappa shape index (κ1) is 20.9. The number of hydrogen-bond acceptors (Lipinski definition) is 2. The number of aromatic nitrogens is 2. The van der Waals surface area contributed by atoms with Crippen LogP contribution in [0.2, 0.25) is 0 Å². The van der Waals surface area contributed by atoms with Crippen LogP contribution < -0.4 is 0 Å². The number of likely N-dealkylation sites (tertiary alicyclic amines) is 1. The third-order valence-corrected chi connectivity index (χ3v) is 6.05. The molecule has 2 heterocycles. The van der Waals surface area contributed by atoms with E-state index in [0.717, 1.165) is 44.1 Å². The molecule has 0 N–H and O–H groups in total. The molecule has 6 heteroatoms. The van der Waals surface area contributed by atoms with Crippen LogP contribution in [0.5, 0.6) is 0 Å². The van der Waals surface area contributed by atoms with Crippen LogP contribution in [0.3, 0.4) is 0 Å². The second-order valence-corrected chi connectivity index (χ2v) is 9.31. The van der Waals surface area contributed by atoms with Gasteiger partial charge in [0.05, 0.1) is 23.3 Å². The van der Waals surface area contributed by atoms with Crippen LogP contribution in [-0.4, -0.2) is 27.8 Å². The van der Waals surface area contributed by atoms with Gasteiger partial charge in [-0.05, 0) is 47.6 Å². The van der Waals surface area contributed by atoms with E-state index in [2.05, 4.69) is 55.0 Å². The topological polar surface area (TPSA) is 21.1 Å². The van der Waals surface area contributed by atoms with Crippen molar-refractivity contribution in [2.75, 3.05) is 13.1 Å². The highest BCUT2D eigenvalue weighted by Crippen LogP contribution is 2.33. The fourth-order valence-corrected chi connectivity index (χ4v) is 4.21. The summed E-state index contributed by atoms with van der Waals surface area (Å²) in [7, 11) is 0. The molecule has 0 spiro atoms. The lowest BCUT2D eigenvalue weighted by Crippen LogP contribution is -2.34. The molecule has 160 valence electrons. The van der Waals surface area contributed by atoms with E-state index in [-0.39, 0.29) is 11.5 Å². The number of hydrogen-bond donors (Lipinski definition) is 0. The van der Waals surface area contributed by atoms with Crippen molar-refractivity contribution in [3.05, 3.63) is 65.4 Å². The maximum absolute atomic E-state index is 12.9. The molecule has 2 aromatic carbocycles. The molecular formula is C24H28F3N3. The standard InChI is InChI=1S/C24H28F3N3/c1-23(2,3)19-6-4-17(5-7-19)16-29-12-10-21(11-13-29)30-22-9-8-20(24(25,26)27)14-18(22)15-28-30/h4-9,14-15,21H,10-13,16H2,1-3H3. The monoisotopic (exact) mass is 415 g/mol. The predicted octanol–water partition coefficient (Wildman–Crippen LogP) is 6.19. The third kappa shape index (κ3) is 4.38. The summed E-state index contributed by atoms with van der Waals surface area (Å²) in [5, 5.41) is 4.96. The maximum Gasteiger partial charge on any atom is 0.416 e. The van der Waals surface area contributed by atoms with Crippen molar-refractivity contribution in [3.8, 4) is 0 Å². The van der Waals surface area contributed by atoms with Gasteiger partial charge in [-0.15, -0.1) is 0 Å². The van der Waals surface area contributed by atoms with Gasteiger partial charge in [0.25, 0.3) is 0 Å². The van der Waals surface area contributed by atoms with Crippen molar-refractivity contribution in [1.29, 1.82) is 0 Å². The minimum atomic E-state index is -4.33. The highest BCUT2D eigenvalue weighted by atomic mass is 19.4. The summed E-state index contributed by atoms with van der Waals surface area (Å²) in [6.45, 7) is 9.48. The zero-order valence-corrected chi connectivity index (χ0v) is 17.7. The van der Waals surface area contributed by atoms with Gasteiger partial charge in [-0.1, -0.05) is 45.0 Å². The molecule has 3 nitrogen and oxygen atoms in total. The van der Waals surface area contributed by atoms with Gasteiger partial charge < -0.3 is 0 Å². The summed E-state index contributed by atoms with van der Waals surface area (Å²) in [5.74, 6) is 0. The Labute approximate surface area is 175 Å². The first-order chi connectivity index (χ1) is 14.1. The summed E-state index contributed by atoms with van der Waals surface area (Å²) in [5.41, 5.74) is 2.96. The Morgan fingerprint density at radius 2 is 1.57 bits per heavy atom. The van der Waals surface area contributed by atoms with Crippen LogP contribution >= 0.6 is 0 Å². The molecule has 0 atom stereocenters. The van der Waals surface area contributed by atoms with E-state index in [0.29, 0.717) is 5.39 Å². The summed E-state index contributed by atoms with van der Waals surface area (Å²) in [6.07, 6.45) is -0.893. The molecule has 0 unspecified atom stereocenters. The Bertz CT molecular complexity index is 1000. The van der Waals surface area contributed by atoms with E-state index in [9.17, 15) is 13.2 Å². The van der Waals surface area contributed by atoms with Crippen LogP contribution in [0.4, 0.5) is 13.2 Å². The number of alkyl halides is 3. The Morgan fingerprint density at radius 1 is 0.933 bits per heavy atom. The average molecular weight is 416 g/mol. The van der Waals surface area contributed by atoms with Gasteiger partial charge in [-0.2, -0.15) is 18.3 Å². The number of rotatable bonds is 3. The quantitative estimate of drug-likeness (QED) is 0.509. The van der Waals surface area contributed by atoms with Crippen molar-refractivity contribution in [2.24, 2.45) is 0 Å². The maximum atomic E-state index is 12.9. The Kier molecular flexibility index (Phi) is 5.39.